The fourth-order valence-electron chi connectivity index (χ4n) is 5.66. The third-order valence-corrected chi connectivity index (χ3v) is 8.01. The first-order valence-electron chi connectivity index (χ1n) is 15.1. The molecule has 7 rings (SSSR count). The van der Waals surface area contributed by atoms with Crippen LogP contribution in [0.15, 0.2) is 156 Å². The number of para-hydroxylation sites is 1. The number of nitrogens with zero attached hydrogens (tertiary/aromatic N) is 1. The zero-order chi connectivity index (χ0) is 31.3. The molecular weight excluding hydrogens is 564 g/mol. The number of nitriles is 1. The van der Waals surface area contributed by atoms with Gasteiger partial charge in [0.1, 0.15) is 5.58 Å². The van der Waals surface area contributed by atoms with Crippen molar-refractivity contribution in [1.29, 1.82) is 10.7 Å². The number of furan rings is 1. The number of allylic oxidation sites excluding steroid dienone is 1. The van der Waals surface area contributed by atoms with Gasteiger partial charge in [0.15, 0.2) is 5.58 Å². The Kier molecular flexibility index (Phi) is 7.84. The van der Waals surface area contributed by atoms with Crippen LogP contribution < -0.4 is 10.6 Å². The van der Waals surface area contributed by atoms with Crippen LogP contribution >= 0.6 is 0 Å². The molecule has 5 nitrogen and oxygen atoms in total. The van der Waals surface area contributed by atoms with Gasteiger partial charge in [0.25, 0.3) is 0 Å². The summed E-state index contributed by atoms with van der Waals surface area (Å²) in [6.07, 6.45) is 1.82. The van der Waals surface area contributed by atoms with Gasteiger partial charge < -0.3 is 20.5 Å². The predicted octanol–water partition coefficient (Wildman–Crippen LogP) is 10.1. The molecule has 0 saturated heterocycles. The van der Waals surface area contributed by atoms with E-state index in [0.717, 1.165) is 66.8 Å². The number of anilines is 2. The third kappa shape index (κ3) is 5.88. The molecule has 5 heteroatoms. The van der Waals surface area contributed by atoms with Crippen LogP contribution in [-0.4, -0.2) is 5.71 Å². The molecule has 3 N–H and O–H groups in total. The van der Waals surface area contributed by atoms with Crippen molar-refractivity contribution < 1.29 is 4.42 Å². The average molecular weight is 595 g/mol. The van der Waals surface area contributed by atoms with Gasteiger partial charge in [-0.2, -0.15) is 5.26 Å². The summed E-state index contributed by atoms with van der Waals surface area (Å²) in [5, 5.41) is 27.5. The molecule has 7 aromatic rings. The second kappa shape index (κ2) is 12.7. The zero-order valence-electron chi connectivity index (χ0n) is 25.0. The van der Waals surface area contributed by atoms with Gasteiger partial charge in [-0.3, -0.25) is 0 Å². The molecule has 0 fully saturated rings. The van der Waals surface area contributed by atoms with Crippen molar-refractivity contribution in [1.82, 2.24) is 5.32 Å². The van der Waals surface area contributed by atoms with Crippen molar-refractivity contribution in [2.75, 3.05) is 5.32 Å². The van der Waals surface area contributed by atoms with E-state index in [1.807, 2.05) is 91.0 Å². The Balaban J connectivity index is 1.17. The van der Waals surface area contributed by atoms with Gasteiger partial charge in [0.05, 0.1) is 23.0 Å². The standard InChI is InChI=1S/C41H30N4O/c42-26-29-10-9-15-32(24-29)38(25-37(43)31-13-5-2-6-14-31)44-27-28-18-20-33(21-19-28)45-40-34(30-11-3-1-4-12-30)22-23-36-35-16-7-8-17-39(35)46-41(36)40/h1-25,43-45H,27H2/b38-25-,43-37?. The maximum Gasteiger partial charge on any atom is 0.159 e. The number of hydrogen-bond donors (Lipinski definition) is 3. The second-order valence-electron chi connectivity index (χ2n) is 11.0. The molecule has 0 aliphatic carbocycles. The number of fused-ring (bicyclic) bond motifs is 3. The minimum atomic E-state index is 0.388. The monoisotopic (exact) mass is 594 g/mol. The number of hydrogen-bond acceptors (Lipinski definition) is 5. The van der Waals surface area contributed by atoms with E-state index in [0.29, 0.717) is 17.8 Å². The summed E-state index contributed by atoms with van der Waals surface area (Å²) in [5.41, 5.74) is 10.2. The summed E-state index contributed by atoms with van der Waals surface area (Å²) >= 11 is 0. The maximum absolute atomic E-state index is 9.48. The fraction of sp³-hybridized carbons (Fsp3) is 0.0244. The molecule has 0 aliphatic heterocycles. The van der Waals surface area contributed by atoms with Crippen molar-refractivity contribution in [2.24, 2.45) is 0 Å². The predicted molar refractivity (Wildman–Crippen MR) is 188 cm³/mol. The molecule has 1 aromatic heterocycles. The van der Waals surface area contributed by atoms with Crippen LogP contribution in [0.4, 0.5) is 11.4 Å². The van der Waals surface area contributed by atoms with E-state index in [-0.39, 0.29) is 0 Å². The van der Waals surface area contributed by atoms with Gasteiger partial charge >= 0.3 is 0 Å². The molecule has 1 heterocycles. The van der Waals surface area contributed by atoms with E-state index in [1.54, 1.807) is 6.07 Å². The molecule has 0 bridgehead atoms. The molecule has 0 amide bonds. The molecule has 0 radical (unpaired) electrons. The van der Waals surface area contributed by atoms with Crippen LogP contribution in [0.1, 0.15) is 22.3 Å². The van der Waals surface area contributed by atoms with Gasteiger partial charge in [-0.05, 0) is 64.7 Å². The lowest BCUT2D eigenvalue weighted by Crippen LogP contribution is -2.14. The Hall–Kier alpha value is -6.38. The van der Waals surface area contributed by atoms with E-state index in [4.69, 9.17) is 9.83 Å². The molecule has 0 spiro atoms. The lowest BCUT2D eigenvalue weighted by Gasteiger charge is -2.15. The van der Waals surface area contributed by atoms with Crippen LogP contribution in [0.3, 0.4) is 0 Å². The summed E-state index contributed by atoms with van der Waals surface area (Å²) < 4.78 is 6.41. The molecule has 46 heavy (non-hydrogen) atoms. The minimum absolute atomic E-state index is 0.388. The first-order chi connectivity index (χ1) is 22.7. The Labute approximate surface area is 267 Å². The normalized spacial score (nSPS) is 11.3. The van der Waals surface area contributed by atoms with E-state index < -0.39 is 0 Å². The number of benzene rings is 6. The molecule has 0 aliphatic rings. The Bertz CT molecular complexity index is 2240. The van der Waals surface area contributed by atoms with Crippen molar-refractivity contribution in [3.05, 3.63) is 174 Å². The van der Waals surface area contributed by atoms with E-state index in [1.165, 1.54) is 0 Å². The Morgan fingerprint density at radius 1 is 0.717 bits per heavy atom. The second-order valence-corrected chi connectivity index (χ2v) is 11.0. The van der Waals surface area contributed by atoms with Gasteiger partial charge in [-0.25, -0.2) is 0 Å². The van der Waals surface area contributed by atoms with Crippen LogP contribution in [0.2, 0.25) is 0 Å². The average Bonchev–Trinajstić information content (AvgIpc) is 3.51. The lowest BCUT2D eigenvalue weighted by molar-refractivity contribution is 0.670. The summed E-state index contributed by atoms with van der Waals surface area (Å²) in [4.78, 5) is 0. The first-order valence-corrected chi connectivity index (χ1v) is 15.1. The van der Waals surface area contributed by atoms with Gasteiger partial charge in [-0.1, -0.05) is 109 Å². The van der Waals surface area contributed by atoms with Crippen LogP contribution in [0.25, 0.3) is 38.8 Å². The van der Waals surface area contributed by atoms with Gasteiger partial charge in [0, 0.05) is 34.3 Å². The topological polar surface area (TPSA) is 84.8 Å². The highest BCUT2D eigenvalue weighted by Gasteiger charge is 2.16. The largest absolute Gasteiger partial charge is 0.454 e. The van der Waals surface area contributed by atoms with Crippen molar-refractivity contribution >= 4 is 44.7 Å². The molecule has 0 saturated carbocycles. The Morgan fingerprint density at radius 3 is 2.22 bits per heavy atom. The highest BCUT2D eigenvalue weighted by atomic mass is 16.3. The molecular formula is C41H30N4O. The zero-order valence-corrected chi connectivity index (χ0v) is 25.0. The molecule has 0 atom stereocenters. The summed E-state index contributed by atoms with van der Waals surface area (Å²) in [6, 6.07) is 50.3. The van der Waals surface area contributed by atoms with Crippen LogP contribution in [0.5, 0.6) is 0 Å². The Morgan fingerprint density at radius 2 is 1.43 bits per heavy atom. The molecule has 6 aromatic carbocycles. The van der Waals surface area contributed by atoms with E-state index >= 15 is 0 Å². The molecule has 0 unspecified atom stereocenters. The lowest BCUT2D eigenvalue weighted by atomic mass is 10.0. The third-order valence-electron chi connectivity index (χ3n) is 8.01. The van der Waals surface area contributed by atoms with E-state index in [9.17, 15) is 5.26 Å². The van der Waals surface area contributed by atoms with E-state index in [2.05, 4.69) is 71.3 Å². The van der Waals surface area contributed by atoms with Crippen LogP contribution in [0, 0.1) is 16.7 Å². The number of nitrogens with one attached hydrogen (secondary N) is 3. The van der Waals surface area contributed by atoms with Crippen molar-refractivity contribution in [3.63, 3.8) is 0 Å². The smallest absolute Gasteiger partial charge is 0.159 e. The highest BCUT2D eigenvalue weighted by molar-refractivity contribution is 6.12. The summed E-state index contributed by atoms with van der Waals surface area (Å²) in [6.45, 7) is 0.541. The van der Waals surface area contributed by atoms with Crippen molar-refractivity contribution in [3.8, 4) is 17.2 Å². The first kappa shape index (κ1) is 28.4. The summed E-state index contributed by atoms with van der Waals surface area (Å²) in [5.74, 6) is 0. The SMILES string of the molecule is N#Cc1cccc(/C(=C/C(=N)c2ccccc2)NCc2ccc(Nc3c(-c4ccccc4)ccc4c3oc3ccccc34)cc2)c1. The number of rotatable bonds is 9. The van der Waals surface area contributed by atoms with Gasteiger partial charge in [0.2, 0.25) is 0 Å². The summed E-state index contributed by atoms with van der Waals surface area (Å²) in [7, 11) is 0. The molecule has 220 valence electrons. The van der Waals surface area contributed by atoms with Gasteiger partial charge in [-0.15, -0.1) is 0 Å². The quantitative estimate of drug-likeness (QED) is 0.145. The highest BCUT2D eigenvalue weighted by Crippen LogP contribution is 2.41. The maximum atomic E-state index is 9.48. The minimum Gasteiger partial charge on any atom is -0.454 e. The van der Waals surface area contributed by atoms with Crippen molar-refractivity contribution in [2.45, 2.75) is 6.54 Å². The van der Waals surface area contributed by atoms with Crippen LogP contribution in [-0.2, 0) is 6.54 Å². The fourth-order valence-corrected chi connectivity index (χ4v) is 5.66.